The zero-order valence-corrected chi connectivity index (χ0v) is 9.73. The van der Waals surface area contributed by atoms with E-state index in [0.29, 0.717) is 16.1 Å². The first-order valence-electron chi connectivity index (χ1n) is 4.44. The number of hydrogen-bond acceptors (Lipinski definition) is 1. The zero-order chi connectivity index (χ0) is 10.6. The van der Waals surface area contributed by atoms with E-state index in [9.17, 15) is 0 Å². The van der Waals surface area contributed by atoms with Gasteiger partial charge >= 0.3 is 0 Å². The van der Waals surface area contributed by atoms with Crippen molar-refractivity contribution in [3.05, 3.63) is 39.9 Å². The van der Waals surface area contributed by atoms with Gasteiger partial charge in [0, 0.05) is 16.1 Å². The predicted molar refractivity (Wildman–Crippen MR) is 64.0 cm³/mol. The normalized spacial score (nSPS) is 13.4. The van der Waals surface area contributed by atoms with Gasteiger partial charge < -0.3 is 5.32 Å². The van der Waals surface area contributed by atoms with Gasteiger partial charge in [-0.3, -0.25) is 0 Å². The highest BCUT2D eigenvalue weighted by Crippen LogP contribution is 2.21. The fourth-order valence-corrected chi connectivity index (χ4v) is 1.35. The zero-order valence-electron chi connectivity index (χ0n) is 8.22. The van der Waals surface area contributed by atoms with Gasteiger partial charge in [-0.05, 0) is 37.7 Å². The summed E-state index contributed by atoms with van der Waals surface area (Å²) >= 11 is 11.9. The lowest BCUT2D eigenvalue weighted by Gasteiger charge is -2.03. The van der Waals surface area contributed by atoms with Crippen molar-refractivity contribution in [1.29, 1.82) is 0 Å². The molecule has 1 N–H and O–H groups in total. The molecule has 0 fully saturated rings. The van der Waals surface area contributed by atoms with Crippen molar-refractivity contribution in [2.24, 2.45) is 0 Å². The monoisotopic (exact) mass is 229 g/mol. The van der Waals surface area contributed by atoms with Gasteiger partial charge in [0.2, 0.25) is 0 Å². The summed E-state index contributed by atoms with van der Waals surface area (Å²) < 4.78 is 0. The summed E-state index contributed by atoms with van der Waals surface area (Å²) in [6.07, 6.45) is 4.01. The minimum Gasteiger partial charge on any atom is -0.314 e. The van der Waals surface area contributed by atoms with E-state index in [1.54, 1.807) is 12.1 Å². The summed E-state index contributed by atoms with van der Waals surface area (Å²) in [5.41, 5.74) is 0.946. The molecule has 0 aliphatic heterocycles. The number of benzene rings is 1. The first kappa shape index (κ1) is 11.6. The average Bonchev–Trinajstić information content (AvgIpc) is 2.19. The summed E-state index contributed by atoms with van der Waals surface area (Å²) in [5, 5.41) is 4.52. The predicted octanol–water partition coefficient (Wildman–Crippen LogP) is 3.61. The second-order valence-corrected chi connectivity index (χ2v) is 3.95. The van der Waals surface area contributed by atoms with E-state index in [2.05, 4.69) is 12.2 Å². The molecule has 1 aromatic carbocycles. The Hall–Kier alpha value is -0.500. The molecule has 0 aromatic heterocycles. The number of halogens is 2. The third-order valence-electron chi connectivity index (χ3n) is 1.98. The molecular weight excluding hydrogens is 217 g/mol. The van der Waals surface area contributed by atoms with Gasteiger partial charge in [-0.2, -0.15) is 0 Å². The Morgan fingerprint density at radius 2 is 2.07 bits per heavy atom. The first-order valence-corrected chi connectivity index (χ1v) is 5.19. The van der Waals surface area contributed by atoms with Gasteiger partial charge in [0.05, 0.1) is 0 Å². The lowest BCUT2D eigenvalue weighted by atomic mass is 10.2. The van der Waals surface area contributed by atoms with Crippen molar-refractivity contribution in [1.82, 2.24) is 5.32 Å². The molecule has 14 heavy (non-hydrogen) atoms. The maximum atomic E-state index is 5.99. The van der Waals surface area contributed by atoms with Crippen LogP contribution >= 0.6 is 23.2 Å². The number of nitrogens with one attached hydrogen (secondary N) is 1. The third kappa shape index (κ3) is 3.33. The fourth-order valence-electron chi connectivity index (χ4n) is 0.987. The van der Waals surface area contributed by atoms with Gasteiger partial charge in [-0.25, -0.2) is 0 Å². The number of rotatable bonds is 3. The fraction of sp³-hybridized carbons (Fsp3) is 0.273. The largest absolute Gasteiger partial charge is 0.314 e. The third-order valence-corrected chi connectivity index (χ3v) is 2.56. The second kappa shape index (κ2) is 5.40. The van der Waals surface area contributed by atoms with Crippen LogP contribution in [-0.4, -0.2) is 13.1 Å². The van der Waals surface area contributed by atoms with Crippen LogP contribution in [0.5, 0.6) is 0 Å². The molecule has 0 heterocycles. The van der Waals surface area contributed by atoms with E-state index < -0.39 is 0 Å². The summed E-state index contributed by atoms with van der Waals surface area (Å²) in [6.45, 7) is 2.06. The van der Waals surface area contributed by atoms with E-state index in [-0.39, 0.29) is 0 Å². The summed E-state index contributed by atoms with van der Waals surface area (Å²) in [5.74, 6) is 0. The molecule has 0 saturated heterocycles. The first-order chi connectivity index (χ1) is 6.63. The maximum absolute atomic E-state index is 5.99. The molecule has 1 aromatic rings. The Morgan fingerprint density at radius 3 is 2.71 bits per heavy atom. The Labute approximate surface area is 94.7 Å². The van der Waals surface area contributed by atoms with Crippen LogP contribution in [0.15, 0.2) is 24.3 Å². The minimum atomic E-state index is 0.324. The van der Waals surface area contributed by atoms with Gasteiger partial charge in [0.15, 0.2) is 0 Å². The Balaban J connectivity index is 2.85. The molecule has 1 unspecified atom stereocenters. The highest BCUT2D eigenvalue weighted by molar-refractivity contribution is 6.34. The Bertz CT molecular complexity index is 334. The lowest BCUT2D eigenvalue weighted by molar-refractivity contribution is 0.731. The lowest BCUT2D eigenvalue weighted by Crippen LogP contribution is -2.17. The highest BCUT2D eigenvalue weighted by atomic mass is 35.5. The quantitative estimate of drug-likeness (QED) is 0.836. The minimum absolute atomic E-state index is 0.324. The summed E-state index contributed by atoms with van der Waals surface area (Å²) in [4.78, 5) is 0. The van der Waals surface area contributed by atoms with Crippen LogP contribution in [0.4, 0.5) is 0 Å². The van der Waals surface area contributed by atoms with E-state index >= 15 is 0 Å². The van der Waals surface area contributed by atoms with E-state index in [1.807, 2.05) is 25.3 Å². The summed E-state index contributed by atoms with van der Waals surface area (Å²) in [6, 6.07) is 5.75. The van der Waals surface area contributed by atoms with E-state index in [0.717, 1.165) is 5.56 Å². The van der Waals surface area contributed by atoms with Crippen molar-refractivity contribution in [3.8, 4) is 0 Å². The average molecular weight is 230 g/mol. The number of likely N-dealkylation sites (N-methyl/N-ethyl adjacent to an activating group) is 1. The van der Waals surface area contributed by atoms with Crippen LogP contribution in [0.1, 0.15) is 12.5 Å². The molecule has 3 heteroatoms. The maximum Gasteiger partial charge on any atom is 0.0479 e. The topological polar surface area (TPSA) is 12.0 Å². The van der Waals surface area contributed by atoms with Crippen molar-refractivity contribution >= 4 is 29.3 Å². The van der Waals surface area contributed by atoms with Gasteiger partial charge in [-0.1, -0.05) is 35.4 Å². The van der Waals surface area contributed by atoms with Gasteiger partial charge in [0.25, 0.3) is 0 Å². The van der Waals surface area contributed by atoms with Gasteiger partial charge in [-0.15, -0.1) is 0 Å². The highest BCUT2D eigenvalue weighted by Gasteiger charge is 1.98. The molecule has 0 bridgehead atoms. The molecule has 0 saturated carbocycles. The van der Waals surface area contributed by atoms with E-state index in [4.69, 9.17) is 23.2 Å². The van der Waals surface area contributed by atoms with Crippen molar-refractivity contribution < 1.29 is 0 Å². The van der Waals surface area contributed by atoms with Crippen LogP contribution in [-0.2, 0) is 0 Å². The summed E-state index contributed by atoms with van der Waals surface area (Å²) in [7, 11) is 1.91. The SMILES string of the molecule is CNC(C)/C=C/c1cc(Cl)ccc1Cl. The van der Waals surface area contributed by atoms with Crippen molar-refractivity contribution in [3.63, 3.8) is 0 Å². The van der Waals surface area contributed by atoms with Crippen LogP contribution in [0.2, 0.25) is 10.0 Å². The molecular formula is C11H13Cl2N. The van der Waals surface area contributed by atoms with Crippen LogP contribution in [0.3, 0.4) is 0 Å². The molecule has 0 amide bonds. The molecule has 76 valence electrons. The van der Waals surface area contributed by atoms with Crippen LogP contribution in [0.25, 0.3) is 6.08 Å². The van der Waals surface area contributed by atoms with Crippen LogP contribution in [0, 0.1) is 0 Å². The molecule has 0 aliphatic rings. The molecule has 0 radical (unpaired) electrons. The van der Waals surface area contributed by atoms with Crippen LogP contribution < -0.4 is 5.32 Å². The second-order valence-electron chi connectivity index (χ2n) is 3.10. The molecule has 0 aliphatic carbocycles. The molecule has 1 nitrogen and oxygen atoms in total. The molecule has 1 atom stereocenters. The van der Waals surface area contributed by atoms with Gasteiger partial charge in [0.1, 0.15) is 0 Å². The van der Waals surface area contributed by atoms with Crippen molar-refractivity contribution in [2.75, 3.05) is 7.05 Å². The Kier molecular flexibility index (Phi) is 4.46. The van der Waals surface area contributed by atoms with Crippen molar-refractivity contribution in [2.45, 2.75) is 13.0 Å². The number of hydrogen-bond donors (Lipinski definition) is 1. The molecule has 0 spiro atoms. The standard InChI is InChI=1S/C11H13Cl2N/c1-8(14-2)3-4-9-7-10(12)5-6-11(9)13/h3-8,14H,1-2H3/b4-3+. The Morgan fingerprint density at radius 1 is 1.36 bits per heavy atom. The van der Waals surface area contributed by atoms with E-state index in [1.165, 1.54) is 0 Å². The molecule has 1 rings (SSSR count). The smallest absolute Gasteiger partial charge is 0.0479 e.